The highest BCUT2D eigenvalue weighted by Gasteiger charge is 2.31. The summed E-state index contributed by atoms with van der Waals surface area (Å²) in [6, 6.07) is 6.74. The molecule has 0 bridgehead atoms. The normalized spacial score (nSPS) is 19.0. The second kappa shape index (κ2) is 7.31. The van der Waals surface area contributed by atoms with Crippen LogP contribution in [0, 0.1) is 5.92 Å². The molecule has 0 spiro atoms. The van der Waals surface area contributed by atoms with Gasteiger partial charge in [-0.2, -0.15) is 12.7 Å². The molecule has 128 valence electrons. The Hall–Kier alpha value is -1.60. The first kappa shape index (κ1) is 17.7. The lowest BCUT2D eigenvalue weighted by Crippen LogP contribution is -2.37. The molecule has 1 aliphatic rings. The van der Waals surface area contributed by atoms with E-state index in [-0.39, 0.29) is 11.9 Å². The second-order valence-electron chi connectivity index (χ2n) is 6.43. The highest BCUT2D eigenvalue weighted by atomic mass is 32.2. The van der Waals surface area contributed by atoms with Crippen LogP contribution in [0.15, 0.2) is 24.3 Å². The van der Waals surface area contributed by atoms with Crippen molar-refractivity contribution in [3.63, 3.8) is 0 Å². The predicted octanol–water partition coefficient (Wildman–Crippen LogP) is 2.81. The molecule has 1 fully saturated rings. The van der Waals surface area contributed by atoms with Crippen molar-refractivity contribution in [3.05, 3.63) is 24.3 Å². The molecule has 1 heterocycles. The average Bonchev–Trinajstić information content (AvgIpc) is 2.87. The Morgan fingerprint density at radius 1 is 1.26 bits per heavy atom. The number of anilines is 2. The van der Waals surface area contributed by atoms with E-state index in [1.54, 1.807) is 24.3 Å². The number of nitrogens with one attached hydrogen (secondary N) is 2. The maximum atomic E-state index is 12.3. The number of rotatable bonds is 6. The molecule has 23 heavy (non-hydrogen) atoms. The van der Waals surface area contributed by atoms with Crippen LogP contribution >= 0.6 is 0 Å². The standard InChI is InChI=1S/C16H25N3O3S/c1-12(2)11-16(20)17-14-6-8-15(9-7-14)18-23(21,22)19-10-4-5-13(19)3/h6-9,12-13,18H,4-5,10-11H2,1-3H3,(H,17,20). The summed E-state index contributed by atoms with van der Waals surface area (Å²) >= 11 is 0. The van der Waals surface area contributed by atoms with Crippen LogP contribution in [-0.2, 0) is 15.0 Å². The molecule has 1 unspecified atom stereocenters. The van der Waals surface area contributed by atoms with Crippen LogP contribution in [0.3, 0.4) is 0 Å². The summed E-state index contributed by atoms with van der Waals surface area (Å²) in [5.41, 5.74) is 1.15. The summed E-state index contributed by atoms with van der Waals surface area (Å²) in [4.78, 5) is 11.7. The van der Waals surface area contributed by atoms with Crippen LogP contribution < -0.4 is 10.0 Å². The fourth-order valence-corrected chi connectivity index (χ4v) is 4.18. The minimum absolute atomic E-state index is 0.0297. The monoisotopic (exact) mass is 339 g/mol. The Bertz CT molecular complexity index is 641. The van der Waals surface area contributed by atoms with Gasteiger partial charge in [-0.3, -0.25) is 9.52 Å². The van der Waals surface area contributed by atoms with E-state index in [2.05, 4.69) is 10.0 Å². The highest BCUT2D eigenvalue weighted by molar-refractivity contribution is 7.90. The molecule has 7 heteroatoms. The Balaban J connectivity index is 1.98. The third-order valence-corrected chi connectivity index (χ3v) is 5.46. The third-order valence-electron chi connectivity index (χ3n) is 3.81. The van der Waals surface area contributed by atoms with Gasteiger partial charge in [0.25, 0.3) is 0 Å². The van der Waals surface area contributed by atoms with E-state index in [4.69, 9.17) is 0 Å². The second-order valence-corrected chi connectivity index (χ2v) is 8.06. The molecule has 1 aromatic carbocycles. The van der Waals surface area contributed by atoms with Gasteiger partial charge in [-0.1, -0.05) is 13.8 Å². The first-order valence-corrected chi connectivity index (χ1v) is 9.41. The molecule has 1 atom stereocenters. The molecule has 2 N–H and O–H groups in total. The Morgan fingerprint density at radius 3 is 2.39 bits per heavy atom. The van der Waals surface area contributed by atoms with Gasteiger partial charge in [0.15, 0.2) is 0 Å². The van der Waals surface area contributed by atoms with Crippen LogP contribution in [0.1, 0.15) is 40.0 Å². The van der Waals surface area contributed by atoms with Gasteiger partial charge in [-0.25, -0.2) is 0 Å². The maximum absolute atomic E-state index is 12.3. The number of hydrogen-bond acceptors (Lipinski definition) is 3. The fraction of sp³-hybridized carbons (Fsp3) is 0.562. The number of carbonyl (C=O) groups excluding carboxylic acids is 1. The van der Waals surface area contributed by atoms with Crippen molar-refractivity contribution < 1.29 is 13.2 Å². The topological polar surface area (TPSA) is 78.5 Å². The molecule has 2 rings (SSSR count). The van der Waals surface area contributed by atoms with Gasteiger partial charge in [0.1, 0.15) is 0 Å². The number of hydrogen-bond donors (Lipinski definition) is 2. The minimum Gasteiger partial charge on any atom is -0.326 e. The summed E-state index contributed by atoms with van der Waals surface area (Å²) in [6.45, 7) is 6.44. The molecule has 1 aromatic rings. The van der Waals surface area contributed by atoms with Gasteiger partial charge in [-0.05, 0) is 49.9 Å². The Labute approximate surface area is 138 Å². The molecule has 0 aliphatic carbocycles. The molecule has 0 saturated carbocycles. The Morgan fingerprint density at radius 2 is 1.87 bits per heavy atom. The van der Waals surface area contributed by atoms with Gasteiger partial charge in [0, 0.05) is 30.4 Å². The summed E-state index contributed by atoms with van der Waals surface area (Å²) in [5.74, 6) is 0.253. The van der Waals surface area contributed by atoms with E-state index >= 15 is 0 Å². The summed E-state index contributed by atoms with van der Waals surface area (Å²) in [6.07, 6.45) is 2.24. The van der Waals surface area contributed by atoms with Crippen molar-refractivity contribution >= 4 is 27.5 Å². The molecule has 6 nitrogen and oxygen atoms in total. The van der Waals surface area contributed by atoms with Crippen molar-refractivity contribution in [1.82, 2.24) is 4.31 Å². The van der Waals surface area contributed by atoms with E-state index < -0.39 is 10.2 Å². The van der Waals surface area contributed by atoms with Crippen molar-refractivity contribution in [2.24, 2.45) is 5.92 Å². The van der Waals surface area contributed by atoms with E-state index in [0.29, 0.717) is 30.3 Å². The lowest BCUT2D eigenvalue weighted by Gasteiger charge is -2.21. The predicted molar refractivity (Wildman–Crippen MR) is 92.5 cm³/mol. The van der Waals surface area contributed by atoms with Crippen molar-refractivity contribution in [1.29, 1.82) is 0 Å². The molecular weight excluding hydrogens is 314 g/mol. The van der Waals surface area contributed by atoms with Gasteiger partial charge in [0.05, 0.1) is 0 Å². The van der Waals surface area contributed by atoms with E-state index in [1.807, 2.05) is 20.8 Å². The van der Waals surface area contributed by atoms with E-state index in [1.165, 1.54) is 4.31 Å². The van der Waals surface area contributed by atoms with Crippen LogP contribution in [0.5, 0.6) is 0 Å². The van der Waals surface area contributed by atoms with Crippen LogP contribution in [-0.4, -0.2) is 31.2 Å². The SMILES string of the molecule is CC(C)CC(=O)Nc1ccc(NS(=O)(=O)N2CCCC2C)cc1. The number of carbonyl (C=O) groups is 1. The first-order valence-electron chi connectivity index (χ1n) is 7.97. The average molecular weight is 339 g/mol. The molecule has 1 saturated heterocycles. The van der Waals surface area contributed by atoms with E-state index in [0.717, 1.165) is 12.8 Å². The maximum Gasteiger partial charge on any atom is 0.301 e. The number of benzene rings is 1. The third kappa shape index (κ3) is 4.94. The largest absolute Gasteiger partial charge is 0.326 e. The molecule has 0 aromatic heterocycles. The lowest BCUT2D eigenvalue weighted by atomic mass is 10.1. The quantitative estimate of drug-likeness (QED) is 0.836. The van der Waals surface area contributed by atoms with Gasteiger partial charge >= 0.3 is 10.2 Å². The molecule has 1 amide bonds. The lowest BCUT2D eigenvalue weighted by molar-refractivity contribution is -0.116. The zero-order chi connectivity index (χ0) is 17.0. The first-order chi connectivity index (χ1) is 10.8. The van der Waals surface area contributed by atoms with Crippen LogP contribution in [0.4, 0.5) is 11.4 Å². The van der Waals surface area contributed by atoms with Crippen molar-refractivity contribution in [3.8, 4) is 0 Å². The van der Waals surface area contributed by atoms with Crippen LogP contribution in [0.25, 0.3) is 0 Å². The van der Waals surface area contributed by atoms with Crippen molar-refractivity contribution in [2.45, 2.75) is 46.1 Å². The zero-order valence-electron chi connectivity index (χ0n) is 13.9. The minimum atomic E-state index is -3.52. The number of amides is 1. The Kier molecular flexibility index (Phi) is 5.64. The van der Waals surface area contributed by atoms with Gasteiger partial charge < -0.3 is 5.32 Å². The van der Waals surface area contributed by atoms with Crippen molar-refractivity contribution in [2.75, 3.05) is 16.6 Å². The van der Waals surface area contributed by atoms with Crippen LogP contribution in [0.2, 0.25) is 0 Å². The van der Waals surface area contributed by atoms with Gasteiger partial charge in [-0.15, -0.1) is 0 Å². The molecule has 0 radical (unpaired) electrons. The zero-order valence-corrected chi connectivity index (χ0v) is 14.7. The van der Waals surface area contributed by atoms with E-state index in [9.17, 15) is 13.2 Å². The molecular formula is C16H25N3O3S. The summed E-state index contributed by atoms with van der Waals surface area (Å²) in [7, 11) is -3.52. The summed E-state index contributed by atoms with van der Waals surface area (Å²) < 4.78 is 28.8. The smallest absolute Gasteiger partial charge is 0.301 e. The highest BCUT2D eigenvalue weighted by Crippen LogP contribution is 2.23. The fourth-order valence-electron chi connectivity index (χ4n) is 2.68. The van der Waals surface area contributed by atoms with Gasteiger partial charge in [0.2, 0.25) is 5.91 Å². The summed E-state index contributed by atoms with van der Waals surface area (Å²) in [5, 5.41) is 2.80. The molecule has 1 aliphatic heterocycles. The number of nitrogens with zero attached hydrogens (tertiary/aromatic N) is 1.